The van der Waals surface area contributed by atoms with Crippen LogP contribution in [0.5, 0.6) is 11.5 Å². The van der Waals surface area contributed by atoms with Crippen LogP contribution in [0.3, 0.4) is 0 Å². The quantitative estimate of drug-likeness (QED) is 0.620. The van der Waals surface area contributed by atoms with Crippen LogP contribution in [0.25, 0.3) is 10.9 Å². The van der Waals surface area contributed by atoms with Gasteiger partial charge in [0.15, 0.2) is 16.6 Å². The Labute approximate surface area is 182 Å². The van der Waals surface area contributed by atoms with Gasteiger partial charge in [-0.2, -0.15) is 0 Å². The molecule has 1 aromatic heterocycles. The van der Waals surface area contributed by atoms with Crippen molar-refractivity contribution >= 4 is 28.2 Å². The van der Waals surface area contributed by atoms with E-state index in [9.17, 15) is 4.79 Å². The molecule has 1 unspecified atom stereocenters. The minimum atomic E-state index is -0.140. The molecule has 30 heavy (non-hydrogen) atoms. The highest BCUT2D eigenvalue weighted by molar-refractivity contribution is 7.80. The lowest BCUT2D eigenvalue weighted by molar-refractivity contribution is 0.0896. The summed E-state index contributed by atoms with van der Waals surface area (Å²) in [7, 11) is 3.17. The van der Waals surface area contributed by atoms with Crippen LogP contribution < -0.4 is 20.3 Å². The normalized spacial score (nSPS) is 16.1. The Morgan fingerprint density at radius 2 is 2.03 bits per heavy atom. The molecule has 8 heteroatoms. The van der Waals surface area contributed by atoms with E-state index in [-0.39, 0.29) is 11.7 Å². The van der Waals surface area contributed by atoms with Crippen molar-refractivity contribution in [2.45, 2.75) is 39.3 Å². The average molecular weight is 434 g/mol. The number of aromatic nitrogens is 1. The van der Waals surface area contributed by atoms with Gasteiger partial charge in [-0.15, -0.1) is 0 Å². The number of hydrogen-bond acceptors (Lipinski definition) is 5. The Morgan fingerprint density at radius 1 is 1.30 bits per heavy atom. The first-order valence-corrected chi connectivity index (χ1v) is 10.7. The summed E-state index contributed by atoms with van der Waals surface area (Å²) in [5.74, 6) is 1.67. The molecule has 2 heterocycles. The highest BCUT2D eigenvalue weighted by Crippen LogP contribution is 2.31. The van der Waals surface area contributed by atoms with Crippen LogP contribution in [0.15, 0.2) is 23.0 Å². The summed E-state index contributed by atoms with van der Waals surface area (Å²) in [4.78, 5) is 17.8. The lowest BCUT2D eigenvalue weighted by Crippen LogP contribution is -2.44. The van der Waals surface area contributed by atoms with Crippen molar-refractivity contribution in [3.63, 3.8) is 0 Å². The maximum Gasteiger partial charge on any atom is 0.253 e. The smallest absolute Gasteiger partial charge is 0.253 e. The lowest BCUT2D eigenvalue weighted by atomic mass is 10.1. The molecule has 1 aliphatic heterocycles. The molecule has 0 aliphatic carbocycles. The standard InChI is InChI=1S/C22H31N3O4S/c1-14(2)11-23-22(30)25(13-17-6-5-7-29-17)12-16-8-15-9-19(27-3)20(28-4)10-18(15)24-21(16)26/h8-10,14,17H,5-7,11-13H2,1-4H3,(H,23,30)(H,24,26). The van der Waals surface area contributed by atoms with E-state index in [0.29, 0.717) is 46.7 Å². The minimum absolute atomic E-state index is 0.132. The molecule has 7 nitrogen and oxygen atoms in total. The summed E-state index contributed by atoms with van der Waals surface area (Å²) < 4.78 is 16.5. The summed E-state index contributed by atoms with van der Waals surface area (Å²) in [6, 6.07) is 5.54. The molecule has 164 valence electrons. The van der Waals surface area contributed by atoms with Crippen molar-refractivity contribution in [3.8, 4) is 11.5 Å². The van der Waals surface area contributed by atoms with Crippen LogP contribution in [-0.4, -0.2) is 55.0 Å². The Bertz CT molecular complexity index is 938. The monoisotopic (exact) mass is 433 g/mol. The molecule has 1 atom stereocenters. The SMILES string of the molecule is COc1cc2cc(CN(CC3CCCO3)C(=S)NCC(C)C)c(=O)[nH]c2cc1OC. The fourth-order valence-electron chi connectivity index (χ4n) is 3.56. The number of methoxy groups -OCH3 is 2. The first kappa shape index (κ1) is 22.4. The number of H-pyrrole nitrogens is 1. The van der Waals surface area contributed by atoms with Gasteiger partial charge in [0, 0.05) is 36.7 Å². The van der Waals surface area contributed by atoms with Crippen molar-refractivity contribution in [2.75, 3.05) is 33.9 Å². The van der Waals surface area contributed by atoms with Gasteiger partial charge in [-0.25, -0.2) is 0 Å². The molecular formula is C22H31N3O4S. The number of nitrogens with one attached hydrogen (secondary N) is 2. The number of fused-ring (bicyclic) bond motifs is 1. The summed E-state index contributed by atoms with van der Waals surface area (Å²) in [5.41, 5.74) is 1.20. The van der Waals surface area contributed by atoms with Crippen molar-refractivity contribution in [2.24, 2.45) is 5.92 Å². The number of aromatic amines is 1. The van der Waals surface area contributed by atoms with Gasteiger partial charge in [0.25, 0.3) is 5.56 Å². The number of ether oxygens (including phenoxy) is 3. The Hall–Kier alpha value is -2.32. The molecular weight excluding hydrogens is 402 g/mol. The molecule has 0 saturated carbocycles. The third-order valence-electron chi connectivity index (χ3n) is 5.18. The van der Waals surface area contributed by atoms with Crippen molar-refractivity contribution in [1.29, 1.82) is 0 Å². The van der Waals surface area contributed by atoms with E-state index in [2.05, 4.69) is 24.1 Å². The van der Waals surface area contributed by atoms with Gasteiger partial charge < -0.3 is 29.4 Å². The molecule has 1 aromatic carbocycles. The topological polar surface area (TPSA) is 75.8 Å². The number of hydrogen-bond donors (Lipinski definition) is 2. The third-order valence-corrected chi connectivity index (χ3v) is 5.59. The van der Waals surface area contributed by atoms with Crippen LogP contribution >= 0.6 is 12.2 Å². The molecule has 1 saturated heterocycles. The number of thiocarbonyl (C=S) groups is 1. The van der Waals surface area contributed by atoms with Gasteiger partial charge in [-0.3, -0.25) is 4.79 Å². The zero-order valence-corrected chi connectivity index (χ0v) is 18.9. The number of rotatable bonds is 8. The predicted octanol–water partition coefficient (Wildman–Crippen LogP) is 3.06. The Balaban J connectivity index is 1.88. The predicted molar refractivity (Wildman–Crippen MR) is 122 cm³/mol. The van der Waals surface area contributed by atoms with E-state index >= 15 is 0 Å². The van der Waals surface area contributed by atoms with Crippen LogP contribution in [0, 0.1) is 5.92 Å². The van der Waals surface area contributed by atoms with E-state index in [1.165, 1.54) is 0 Å². The van der Waals surface area contributed by atoms with Crippen LogP contribution in [0.1, 0.15) is 32.3 Å². The maximum absolute atomic E-state index is 12.8. The fourth-order valence-corrected chi connectivity index (χ4v) is 3.78. The number of nitrogens with zero attached hydrogens (tertiary/aromatic N) is 1. The zero-order chi connectivity index (χ0) is 21.7. The lowest BCUT2D eigenvalue weighted by Gasteiger charge is -2.28. The molecule has 3 rings (SSSR count). The van der Waals surface area contributed by atoms with Gasteiger partial charge in [-0.1, -0.05) is 13.8 Å². The summed E-state index contributed by atoms with van der Waals surface area (Å²) in [6.07, 6.45) is 2.20. The second-order valence-electron chi connectivity index (χ2n) is 8.01. The van der Waals surface area contributed by atoms with Crippen molar-refractivity contribution in [1.82, 2.24) is 15.2 Å². The number of pyridine rings is 1. The van der Waals surface area contributed by atoms with Gasteiger partial charge in [-0.05, 0) is 43.1 Å². The second kappa shape index (κ2) is 10.1. The molecule has 0 amide bonds. The second-order valence-corrected chi connectivity index (χ2v) is 8.40. The molecule has 2 aromatic rings. The van der Waals surface area contributed by atoms with E-state index < -0.39 is 0 Å². The van der Waals surface area contributed by atoms with Crippen LogP contribution in [0.4, 0.5) is 0 Å². The molecule has 0 spiro atoms. The maximum atomic E-state index is 12.8. The Kier molecular flexibility index (Phi) is 7.55. The van der Waals surface area contributed by atoms with Crippen LogP contribution in [0.2, 0.25) is 0 Å². The molecule has 0 radical (unpaired) electrons. The van der Waals surface area contributed by atoms with Gasteiger partial charge >= 0.3 is 0 Å². The average Bonchev–Trinajstić information content (AvgIpc) is 3.24. The summed E-state index contributed by atoms with van der Waals surface area (Å²) >= 11 is 5.65. The minimum Gasteiger partial charge on any atom is -0.493 e. The highest BCUT2D eigenvalue weighted by atomic mass is 32.1. The first-order valence-electron chi connectivity index (χ1n) is 10.3. The zero-order valence-electron chi connectivity index (χ0n) is 18.1. The van der Waals surface area contributed by atoms with Gasteiger partial charge in [0.1, 0.15) is 0 Å². The summed E-state index contributed by atoms with van der Waals surface area (Å²) in [5, 5.41) is 4.84. The largest absolute Gasteiger partial charge is 0.493 e. The first-order chi connectivity index (χ1) is 14.4. The van der Waals surface area contributed by atoms with E-state index in [1.54, 1.807) is 20.3 Å². The molecule has 0 bridgehead atoms. The fraction of sp³-hybridized carbons (Fsp3) is 0.545. The highest BCUT2D eigenvalue weighted by Gasteiger charge is 2.22. The van der Waals surface area contributed by atoms with E-state index in [0.717, 1.165) is 31.4 Å². The summed E-state index contributed by atoms with van der Waals surface area (Å²) in [6.45, 7) is 6.90. The van der Waals surface area contributed by atoms with Crippen molar-refractivity contribution < 1.29 is 14.2 Å². The van der Waals surface area contributed by atoms with E-state index in [4.69, 9.17) is 26.4 Å². The van der Waals surface area contributed by atoms with Gasteiger partial charge in [0.2, 0.25) is 0 Å². The van der Waals surface area contributed by atoms with Crippen molar-refractivity contribution in [3.05, 3.63) is 34.1 Å². The molecule has 1 fully saturated rings. The molecule has 1 aliphatic rings. The number of benzene rings is 1. The Morgan fingerprint density at radius 3 is 2.67 bits per heavy atom. The van der Waals surface area contributed by atoms with Crippen LogP contribution in [-0.2, 0) is 11.3 Å². The third kappa shape index (κ3) is 5.43. The van der Waals surface area contributed by atoms with E-state index in [1.807, 2.05) is 17.0 Å². The molecule has 2 N–H and O–H groups in total. The van der Waals surface area contributed by atoms with Gasteiger partial charge in [0.05, 0.1) is 32.4 Å².